The predicted octanol–water partition coefficient (Wildman–Crippen LogP) is 2.06. The third kappa shape index (κ3) is 4.39. The Labute approximate surface area is 97.4 Å². The minimum Gasteiger partial charge on any atom is -0.444 e. The van der Waals surface area contributed by atoms with Gasteiger partial charge in [0, 0.05) is 12.6 Å². The molecule has 0 spiro atoms. The zero-order valence-corrected chi connectivity index (χ0v) is 10.5. The summed E-state index contributed by atoms with van der Waals surface area (Å²) in [6.45, 7) is 5.75. The van der Waals surface area contributed by atoms with Crippen LogP contribution in [-0.2, 0) is 4.74 Å². The van der Waals surface area contributed by atoms with Gasteiger partial charge in [0.2, 0.25) is 0 Å². The molecule has 0 unspecified atom stereocenters. The van der Waals surface area contributed by atoms with E-state index in [1.807, 2.05) is 20.8 Å². The lowest BCUT2D eigenvalue weighted by Crippen LogP contribution is -2.41. The Morgan fingerprint density at radius 2 is 2.12 bits per heavy atom. The molecule has 0 aliphatic heterocycles. The number of hydrogen-bond donors (Lipinski definition) is 2. The van der Waals surface area contributed by atoms with Crippen molar-refractivity contribution in [1.29, 1.82) is 0 Å². The van der Waals surface area contributed by atoms with Crippen molar-refractivity contribution in [3.8, 4) is 0 Å². The predicted molar refractivity (Wildman–Crippen MR) is 62.2 cm³/mol. The third-order valence-corrected chi connectivity index (χ3v) is 2.86. The average molecular weight is 229 g/mol. The summed E-state index contributed by atoms with van der Waals surface area (Å²) in [6.07, 6.45) is 3.61. The van der Waals surface area contributed by atoms with E-state index in [1.165, 1.54) is 0 Å². The van der Waals surface area contributed by atoms with E-state index in [2.05, 4.69) is 5.32 Å². The molecular weight excluding hydrogens is 206 g/mol. The van der Waals surface area contributed by atoms with Crippen LogP contribution in [0.15, 0.2) is 0 Å². The SMILES string of the molecule is CC(C)(C)OC(=O)N[C@@H]1CCC[C@H]1CCO. The zero-order valence-electron chi connectivity index (χ0n) is 10.5. The van der Waals surface area contributed by atoms with Crippen LogP contribution in [0.25, 0.3) is 0 Å². The van der Waals surface area contributed by atoms with Gasteiger partial charge in [-0.3, -0.25) is 0 Å². The van der Waals surface area contributed by atoms with Crippen molar-refractivity contribution in [2.24, 2.45) is 5.92 Å². The molecule has 2 N–H and O–H groups in total. The van der Waals surface area contributed by atoms with E-state index >= 15 is 0 Å². The highest BCUT2D eigenvalue weighted by Crippen LogP contribution is 2.28. The first kappa shape index (κ1) is 13.3. The van der Waals surface area contributed by atoms with Gasteiger partial charge in [-0.15, -0.1) is 0 Å². The zero-order chi connectivity index (χ0) is 12.2. The highest BCUT2D eigenvalue weighted by molar-refractivity contribution is 5.68. The van der Waals surface area contributed by atoms with Gasteiger partial charge in [0.1, 0.15) is 5.60 Å². The average Bonchev–Trinajstić information content (AvgIpc) is 2.50. The number of aliphatic hydroxyl groups is 1. The monoisotopic (exact) mass is 229 g/mol. The van der Waals surface area contributed by atoms with Crippen LogP contribution in [0.4, 0.5) is 4.79 Å². The maximum absolute atomic E-state index is 11.6. The topological polar surface area (TPSA) is 58.6 Å². The minimum atomic E-state index is -0.449. The molecule has 1 saturated carbocycles. The Kier molecular flexibility index (Phi) is 4.59. The number of carbonyl (C=O) groups is 1. The number of hydrogen-bond acceptors (Lipinski definition) is 3. The number of alkyl carbamates (subject to hydrolysis) is 1. The summed E-state index contributed by atoms with van der Waals surface area (Å²) in [5, 5.41) is 11.8. The molecule has 0 aromatic heterocycles. The molecule has 16 heavy (non-hydrogen) atoms. The highest BCUT2D eigenvalue weighted by Gasteiger charge is 2.29. The van der Waals surface area contributed by atoms with Crippen molar-refractivity contribution in [1.82, 2.24) is 5.32 Å². The number of carbonyl (C=O) groups excluding carboxylic acids is 1. The van der Waals surface area contributed by atoms with Crippen LogP contribution in [0.1, 0.15) is 46.5 Å². The van der Waals surface area contributed by atoms with Crippen molar-refractivity contribution in [3.05, 3.63) is 0 Å². The van der Waals surface area contributed by atoms with E-state index < -0.39 is 5.60 Å². The molecule has 0 heterocycles. The van der Waals surface area contributed by atoms with Gasteiger partial charge in [-0.1, -0.05) is 6.42 Å². The molecule has 4 heteroatoms. The molecule has 0 radical (unpaired) electrons. The van der Waals surface area contributed by atoms with Gasteiger partial charge in [0.25, 0.3) is 0 Å². The Morgan fingerprint density at radius 3 is 2.69 bits per heavy atom. The van der Waals surface area contributed by atoms with Crippen molar-refractivity contribution < 1.29 is 14.6 Å². The minimum absolute atomic E-state index is 0.169. The van der Waals surface area contributed by atoms with Crippen LogP contribution in [0.3, 0.4) is 0 Å². The van der Waals surface area contributed by atoms with Crippen LogP contribution in [-0.4, -0.2) is 29.4 Å². The van der Waals surface area contributed by atoms with Crippen molar-refractivity contribution in [3.63, 3.8) is 0 Å². The van der Waals surface area contributed by atoms with Crippen LogP contribution < -0.4 is 5.32 Å². The summed E-state index contributed by atoms with van der Waals surface area (Å²) in [5.41, 5.74) is -0.449. The number of amides is 1. The molecule has 0 aromatic rings. The first-order valence-corrected chi connectivity index (χ1v) is 6.03. The summed E-state index contributed by atoms with van der Waals surface area (Å²) in [4.78, 5) is 11.6. The van der Waals surface area contributed by atoms with E-state index in [-0.39, 0.29) is 18.7 Å². The van der Waals surface area contributed by atoms with E-state index in [9.17, 15) is 4.79 Å². The van der Waals surface area contributed by atoms with Crippen molar-refractivity contribution >= 4 is 6.09 Å². The second-order valence-electron chi connectivity index (χ2n) is 5.46. The Morgan fingerprint density at radius 1 is 1.44 bits per heavy atom. The van der Waals surface area contributed by atoms with Gasteiger partial charge in [-0.25, -0.2) is 4.79 Å². The van der Waals surface area contributed by atoms with Gasteiger partial charge in [0.05, 0.1) is 0 Å². The molecule has 1 rings (SSSR count). The largest absolute Gasteiger partial charge is 0.444 e. The fourth-order valence-electron chi connectivity index (χ4n) is 2.20. The lowest BCUT2D eigenvalue weighted by Gasteiger charge is -2.24. The van der Waals surface area contributed by atoms with Gasteiger partial charge in [-0.05, 0) is 46.0 Å². The van der Waals surface area contributed by atoms with Gasteiger partial charge in [0.15, 0.2) is 0 Å². The van der Waals surface area contributed by atoms with E-state index in [4.69, 9.17) is 9.84 Å². The first-order chi connectivity index (χ1) is 7.42. The lowest BCUT2D eigenvalue weighted by molar-refractivity contribution is 0.0488. The normalized spacial score (nSPS) is 25.5. The molecule has 94 valence electrons. The standard InChI is InChI=1S/C12H23NO3/c1-12(2,3)16-11(15)13-10-6-4-5-9(10)7-8-14/h9-10,14H,4-8H2,1-3H3,(H,13,15)/t9-,10+/m0/s1. The first-order valence-electron chi connectivity index (χ1n) is 6.03. The van der Waals surface area contributed by atoms with Gasteiger partial charge < -0.3 is 15.2 Å². The molecule has 1 aliphatic carbocycles. The molecule has 1 amide bonds. The van der Waals surface area contributed by atoms with Crippen LogP contribution in [0.5, 0.6) is 0 Å². The highest BCUT2D eigenvalue weighted by atomic mass is 16.6. The Bertz CT molecular complexity index is 235. The number of nitrogens with one attached hydrogen (secondary N) is 1. The second kappa shape index (κ2) is 5.53. The number of aliphatic hydroxyl groups excluding tert-OH is 1. The fraction of sp³-hybridized carbons (Fsp3) is 0.917. The quantitative estimate of drug-likeness (QED) is 0.778. The van der Waals surface area contributed by atoms with Crippen molar-refractivity contribution in [2.75, 3.05) is 6.61 Å². The summed E-state index contributed by atoms with van der Waals surface area (Å²) < 4.78 is 5.21. The maximum atomic E-state index is 11.6. The maximum Gasteiger partial charge on any atom is 0.407 e. The Hall–Kier alpha value is -0.770. The summed E-state index contributed by atoms with van der Waals surface area (Å²) in [7, 11) is 0. The lowest BCUT2D eigenvalue weighted by atomic mass is 10.0. The van der Waals surface area contributed by atoms with Gasteiger partial charge >= 0.3 is 6.09 Å². The van der Waals surface area contributed by atoms with Crippen LogP contribution in [0, 0.1) is 5.92 Å². The number of ether oxygens (including phenoxy) is 1. The summed E-state index contributed by atoms with van der Waals surface area (Å²) >= 11 is 0. The molecular formula is C12H23NO3. The van der Waals surface area contributed by atoms with E-state index in [1.54, 1.807) is 0 Å². The molecule has 1 fully saturated rings. The second-order valence-corrected chi connectivity index (χ2v) is 5.46. The molecule has 0 aromatic carbocycles. The molecule has 4 nitrogen and oxygen atoms in total. The van der Waals surface area contributed by atoms with E-state index in [0.717, 1.165) is 25.7 Å². The van der Waals surface area contributed by atoms with Crippen LogP contribution >= 0.6 is 0 Å². The summed E-state index contributed by atoms with van der Waals surface area (Å²) in [6, 6.07) is 0.169. The van der Waals surface area contributed by atoms with Crippen molar-refractivity contribution in [2.45, 2.75) is 58.1 Å². The molecule has 1 aliphatic rings. The number of rotatable bonds is 3. The molecule has 0 bridgehead atoms. The smallest absolute Gasteiger partial charge is 0.407 e. The van der Waals surface area contributed by atoms with E-state index in [0.29, 0.717) is 5.92 Å². The Balaban J connectivity index is 2.38. The molecule has 2 atom stereocenters. The van der Waals surface area contributed by atoms with Gasteiger partial charge in [-0.2, -0.15) is 0 Å². The van der Waals surface area contributed by atoms with Crippen LogP contribution in [0.2, 0.25) is 0 Å². The third-order valence-electron chi connectivity index (χ3n) is 2.86. The molecule has 0 saturated heterocycles. The summed E-state index contributed by atoms with van der Waals surface area (Å²) in [5.74, 6) is 0.400. The fourth-order valence-corrected chi connectivity index (χ4v) is 2.20.